The number of benzene rings is 2. The number of alkyl carbamates (subject to hydrolysis) is 1. The van der Waals surface area contributed by atoms with Crippen molar-refractivity contribution in [1.82, 2.24) is 10.6 Å². The molecule has 1 aliphatic carbocycles. The largest absolute Gasteiger partial charge is 0.479 e. The van der Waals surface area contributed by atoms with E-state index in [1.165, 1.54) is 0 Å². The molecule has 0 radical (unpaired) electrons. The highest BCUT2D eigenvalue weighted by molar-refractivity contribution is 6.04. The van der Waals surface area contributed by atoms with Crippen molar-refractivity contribution in [2.75, 3.05) is 19.8 Å². The van der Waals surface area contributed by atoms with E-state index in [2.05, 4.69) is 10.6 Å². The van der Waals surface area contributed by atoms with Crippen molar-refractivity contribution in [1.29, 1.82) is 0 Å². The molecule has 0 spiro atoms. The van der Waals surface area contributed by atoms with E-state index in [4.69, 9.17) is 14.2 Å². The molecule has 2 aromatic rings. The Morgan fingerprint density at radius 2 is 1.66 bits per heavy atom. The second kappa shape index (κ2) is 10.6. The number of hydrogen-bond donors (Lipinski definition) is 3. The smallest absolute Gasteiger partial charge is 0.408 e. The van der Waals surface area contributed by atoms with Crippen molar-refractivity contribution < 1.29 is 38.5 Å². The van der Waals surface area contributed by atoms with Crippen molar-refractivity contribution >= 4 is 23.9 Å². The molecule has 0 bridgehead atoms. The van der Waals surface area contributed by atoms with Crippen LogP contribution in [0.1, 0.15) is 30.4 Å². The van der Waals surface area contributed by atoms with Gasteiger partial charge in [0.1, 0.15) is 6.61 Å². The van der Waals surface area contributed by atoms with Gasteiger partial charge in [-0.2, -0.15) is 0 Å². The second-order valence-corrected chi connectivity index (χ2v) is 8.19. The molecule has 1 saturated heterocycles. The Bertz CT molecular complexity index is 1090. The van der Waals surface area contributed by atoms with Gasteiger partial charge in [-0.15, -0.1) is 0 Å². The summed E-state index contributed by atoms with van der Waals surface area (Å²) in [5.74, 6) is -3.32. The molecule has 1 heterocycles. The average molecular weight is 482 g/mol. The molecule has 0 saturated carbocycles. The number of carbonyl (C=O) groups is 4. The third-order valence-corrected chi connectivity index (χ3v) is 6.05. The van der Waals surface area contributed by atoms with Gasteiger partial charge in [0.2, 0.25) is 6.04 Å². The minimum atomic E-state index is -1.71. The van der Waals surface area contributed by atoms with E-state index in [-0.39, 0.29) is 32.2 Å². The molecule has 1 aliphatic heterocycles. The predicted octanol–water partition coefficient (Wildman–Crippen LogP) is 1.82. The van der Waals surface area contributed by atoms with Gasteiger partial charge in [-0.05, 0) is 35.6 Å². The van der Waals surface area contributed by atoms with Crippen LogP contribution in [-0.4, -0.2) is 67.1 Å². The van der Waals surface area contributed by atoms with Crippen LogP contribution in [0.25, 0.3) is 11.1 Å². The molecule has 3 unspecified atom stereocenters. The first-order valence-electron chi connectivity index (χ1n) is 11.3. The van der Waals surface area contributed by atoms with Crippen LogP contribution in [0.5, 0.6) is 0 Å². The van der Waals surface area contributed by atoms with E-state index in [1.54, 1.807) is 6.92 Å². The first kappa shape index (κ1) is 24.2. The lowest BCUT2D eigenvalue weighted by molar-refractivity contribution is -0.150. The molecule has 2 amide bonds. The SMILES string of the molecule is CCOC(=O)C(NC(=O)OCC1c2ccccc2-c2ccccc21)C(=O)NC1CCOC1C(=O)O. The summed E-state index contributed by atoms with van der Waals surface area (Å²) in [7, 11) is 0. The summed E-state index contributed by atoms with van der Waals surface area (Å²) >= 11 is 0. The fraction of sp³-hybridized carbons (Fsp3) is 0.360. The summed E-state index contributed by atoms with van der Waals surface area (Å²) in [6, 6.07) is 13.1. The molecule has 4 rings (SSSR count). The van der Waals surface area contributed by atoms with Gasteiger partial charge in [0.15, 0.2) is 6.10 Å². The van der Waals surface area contributed by atoms with Crippen molar-refractivity contribution in [3.05, 3.63) is 59.7 Å². The fourth-order valence-electron chi connectivity index (χ4n) is 4.46. The Balaban J connectivity index is 1.43. The quantitative estimate of drug-likeness (QED) is 0.382. The molecule has 3 atom stereocenters. The zero-order valence-electron chi connectivity index (χ0n) is 19.1. The van der Waals surface area contributed by atoms with Gasteiger partial charge in [0, 0.05) is 12.5 Å². The van der Waals surface area contributed by atoms with Gasteiger partial charge < -0.3 is 24.6 Å². The number of aliphatic carboxylic acids is 1. The molecule has 1 fully saturated rings. The molecular formula is C25H26N2O8. The lowest BCUT2D eigenvalue weighted by Crippen LogP contribution is -2.56. The normalized spacial score (nSPS) is 19.2. The maximum Gasteiger partial charge on any atom is 0.408 e. The number of carbonyl (C=O) groups excluding carboxylic acids is 3. The number of carboxylic acids is 1. The van der Waals surface area contributed by atoms with Gasteiger partial charge >= 0.3 is 18.0 Å². The zero-order valence-corrected chi connectivity index (χ0v) is 19.1. The molecule has 0 aromatic heterocycles. The number of rotatable bonds is 8. The number of fused-ring (bicyclic) bond motifs is 3. The molecule has 10 nitrogen and oxygen atoms in total. The molecular weight excluding hydrogens is 456 g/mol. The summed E-state index contributed by atoms with van der Waals surface area (Å²) in [5.41, 5.74) is 4.16. The number of ether oxygens (including phenoxy) is 3. The maximum absolute atomic E-state index is 12.8. The molecule has 10 heteroatoms. The zero-order chi connectivity index (χ0) is 24.9. The minimum absolute atomic E-state index is 0.00538. The Labute approximate surface area is 201 Å². The number of esters is 1. The van der Waals surface area contributed by atoms with E-state index < -0.39 is 42.1 Å². The standard InChI is InChI=1S/C25H26N2O8/c1-2-33-24(31)20(22(28)26-19-11-12-34-21(19)23(29)30)27-25(32)35-13-18-16-9-5-3-7-14(16)15-8-4-6-10-17(15)18/h3-10,18-21H,2,11-13H2,1H3,(H,26,28)(H,27,32)(H,29,30). The third kappa shape index (κ3) is 5.12. The van der Waals surface area contributed by atoms with Crippen LogP contribution in [0.2, 0.25) is 0 Å². The van der Waals surface area contributed by atoms with Crippen molar-refractivity contribution in [3.63, 3.8) is 0 Å². The lowest BCUT2D eigenvalue weighted by Gasteiger charge is -2.21. The summed E-state index contributed by atoms with van der Waals surface area (Å²) in [5, 5.41) is 13.9. The van der Waals surface area contributed by atoms with Crippen LogP contribution < -0.4 is 10.6 Å². The van der Waals surface area contributed by atoms with E-state index in [9.17, 15) is 24.3 Å². The highest BCUT2D eigenvalue weighted by Gasteiger charge is 2.39. The molecule has 2 aromatic carbocycles. The van der Waals surface area contributed by atoms with E-state index in [0.29, 0.717) is 0 Å². The Morgan fingerprint density at radius 3 is 2.26 bits per heavy atom. The summed E-state index contributed by atoms with van der Waals surface area (Å²) < 4.78 is 15.4. The molecule has 184 valence electrons. The fourth-order valence-corrected chi connectivity index (χ4v) is 4.46. The van der Waals surface area contributed by atoms with Crippen molar-refractivity contribution in [3.8, 4) is 11.1 Å². The first-order chi connectivity index (χ1) is 16.9. The topological polar surface area (TPSA) is 140 Å². The van der Waals surface area contributed by atoms with Gasteiger partial charge in [-0.1, -0.05) is 48.5 Å². The van der Waals surface area contributed by atoms with Crippen LogP contribution in [0, 0.1) is 0 Å². The number of amides is 2. The second-order valence-electron chi connectivity index (χ2n) is 8.19. The van der Waals surface area contributed by atoms with Crippen molar-refractivity contribution in [2.45, 2.75) is 37.5 Å². The van der Waals surface area contributed by atoms with Crippen molar-refractivity contribution in [2.24, 2.45) is 0 Å². The maximum atomic E-state index is 12.8. The highest BCUT2D eigenvalue weighted by Crippen LogP contribution is 2.44. The number of hydrogen-bond acceptors (Lipinski definition) is 7. The minimum Gasteiger partial charge on any atom is -0.479 e. The van der Waals surface area contributed by atoms with Gasteiger partial charge in [0.05, 0.1) is 12.6 Å². The van der Waals surface area contributed by atoms with Gasteiger partial charge in [-0.25, -0.2) is 14.4 Å². The highest BCUT2D eigenvalue weighted by atomic mass is 16.6. The van der Waals surface area contributed by atoms with Crippen LogP contribution in [-0.2, 0) is 28.6 Å². The van der Waals surface area contributed by atoms with Crippen LogP contribution >= 0.6 is 0 Å². The predicted molar refractivity (Wildman–Crippen MR) is 123 cm³/mol. The van der Waals surface area contributed by atoms with Crippen LogP contribution in [0.3, 0.4) is 0 Å². The average Bonchev–Trinajstić information content (AvgIpc) is 3.44. The monoisotopic (exact) mass is 482 g/mol. The van der Waals surface area contributed by atoms with Gasteiger partial charge in [0.25, 0.3) is 5.91 Å². The summed E-state index contributed by atoms with van der Waals surface area (Å²) in [4.78, 5) is 49.1. The Kier molecular flexibility index (Phi) is 7.31. The molecule has 3 N–H and O–H groups in total. The third-order valence-electron chi connectivity index (χ3n) is 6.05. The van der Waals surface area contributed by atoms with E-state index in [0.717, 1.165) is 22.3 Å². The Hall–Kier alpha value is -3.92. The van der Waals surface area contributed by atoms with Gasteiger partial charge in [-0.3, -0.25) is 10.1 Å². The van der Waals surface area contributed by atoms with Crippen LogP contribution in [0.15, 0.2) is 48.5 Å². The molecule has 35 heavy (non-hydrogen) atoms. The number of carboxylic acid groups (broad SMARTS) is 1. The summed E-state index contributed by atoms with van der Waals surface area (Å²) in [6.45, 7) is 1.69. The first-order valence-corrected chi connectivity index (χ1v) is 11.3. The molecule has 2 aliphatic rings. The van der Waals surface area contributed by atoms with E-state index in [1.807, 2.05) is 48.5 Å². The Morgan fingerprint density at radius 1 is 1.03 bits per heavy atom. The van der Waals surface area contributed by atoms with E-state index >= 15 is 0 Å². The lowest BCUT2D eigenvalue weighted by atomic mass is 9.98. The van der Waals surface area contributed by atoms with Crippen LogP contribution in [0.4, 0.5) is 4.79 Å². The number of nitrogens with one attached hydrogen (secondary N) is 2. The summed E-state index contributed by atoms with van der Waals surface area (Å²) in [6.07, 6.45) is -1.96.